The molecule has 1 fully saturated rings. The van der Waals surface area contributed by atoms with Gasteiger partial charge in [0.25, 0.3) is 0 Å². The maximum absolute atomic E-state index is 10.1. The van der Waals surface area contributed by atoms with Gasteiger partial charge in [-0.25, -0.2) is 0 Å². The van der Waals surface area contributed by atoms with Crippen molar-refractivity contribution in [3.63, 3.8) is 0 Å². The van der Waals surface area contributed by atoms with Gasteiger partial charge in [0.2, 0.25) is 0 Å². The highest BCUT2D eigenvalue weighted by molar-refractivity contribution is 5.85. The fourth-order valence-electron chi connectivity index (χ4n) is 0.657. The van der Waals surface area contributed by atoms with E-state index >= 15 is 0 Å². The van der Waals surface area contributed by atoms with Gasteiger partial charge in [0, 0.05) is 0 Å². The first-order chi connectivity index (χ1) is 3.72. The number of halogens is 1. The van der Waals surface area contributed by atoms with Crippen LogP contribution in [0.15, 0.2) is 0 Å². The van der Waals surface area contributed by atoms with Gasteiger partial charge in [0.15, 0.2) is 0 Å². The summed E-state index contributed by atoms with van der Waals surface area (Å²) in [7, 11) is 0. The molecule has 0 heterocycles. The highest BCUT2D eigenvalue weighted by atomic mass is 35.5. The second-order valence-electron chi connectivity index (χ2n) is 2.20. The Hall–Kier alpha value is -0.280. The summed E-state index contributed by atoms with van der Waals surface area (Å²) in [4.78, 5) is 10.1. The Morgan fingerprint density at radius 1 is 1.67 bits per heavy atom. The van der Waals surface area contributed by atoms with Crippen LogP contribution in [0.4, 0.5) is 0 Å². The summed E-state index contributed by atoms with van der Waals surface area (Å²) in [6, 6.07) is -0.602. The van der Waals surface area contributed by atoms with E-state index in [1.807, 2.05) is 0 Å². The van der Waals surface area contributed by atoms with E-state index in [1.54, 1.807) is 0 Å². The van der Waals surface area contributed by atoms with Crippen LogP contribution >= 0.6 is 12.4 Å². The van der Waals surface area contributed by atoms with Crippen LogP contribution in [0.1, 0.15) is 12.8 Å². The van der Waals surface area contributed by atoms with Gasteiger partial charge in [-0.1, -0.05) is 0 Å². The molecule has 3 nitrogen and oxygen atoms in total. The van der Waals surface area contributed by atoms with Gasteiger partial charge in [-0.3, -0.25) is 4.79 Å². The molecule has 1 rings (SSSR count). The van der Waals surface area contributed by atoms with Crippen LogP contribution in [-0.2, 0) is 4.79 Å². The number of hydrogen-bond acceptors (Lipinski definition) is 2. The molecule has 0 bridgehead atoms. The summed E-state index contributed by atoms with van der Waals surface area (Å²) in [6.07, 6.45) is 1.99. The number of aliphatic carboxylic acids is 1. The van der Waals surface area contributed by atoms with E-state index < -0.39 is 12.0 Å². The van der Waals surface area contributed by atoms with Gasteiger partial charge >= 0.3 is 5.97 Å². The average Bonchev–Trinajstić information content (AvgIpc) is 2.43. The van der Waals surface area contributed by atoms with E-state index in [-0.39, 0.29) is 18.3 Å². The van der Waals surface area contributed by atoms with Gasteiger partial charge < -0.3 is 10.8 Å². The first-order valence-electron chi connectivity index (χ1n) is 2.70. The minimum atomic E-state index is -0.868. The minimum absolute atomic E-state index is 0. The molecule has 0 aliphatic heterocycles. The Kier molecular flexibility index (Phi) is 2.94. The summed E-state index contributed by atoms with van der Waals surface area (Å²) < 4.78 is 0. The predicted octanol–water partition coefficient (Wildman–Crippen LogP) is 0.230. The van der Waals surface area contributed by atoms with Crippen molar-refractivity contribution in [3.05, 3.63) is 0 Å². The van der Waals surface area contributed by atoms with Crippen molar-refractivity contribution in [2.75, 3.05) is 0 Å². The first-order valence-corrected chi connectivity index (χ1v) is 2.70. The molecule has 1 saturated carbocycles. The number of carboxylic acid groups (broad SMARTS) is 1. The van der Waals surface area contributed by atoms with Crippen LogP contribution in [0.2, 0.25) is 0 Å². The molecule has 0 aromatic rings. The Morgan fingerprint density at radius 2 is 2.11 bits per heavy atom. The lowest BCUT2D eigenvalue weighted by Gasteiger charge is -1.99. The van der Waals surface area contributed by atoms with Crippen molar-refractivity contribution < 1.29 is 9.90 Å². The van der Waals surface area contributed by atoms with E-state index in [2.05, 4.69) is 0 Å². The minimum Gasteiger partial charge on any atom is -0.480 e. The van der Waals surface area contributed by atoms with Crippen molar-refractivity contribution in [2.24, 2.45) is 11.7 Å². The number of hydrogen-bond donors (Lipinski definition) is 2. The van der Waals surface area contributed by atoms with Gasteiger partial charge in [-0.2, -0.15) is 0 Å². The Morgan fingerprint density at radius 3 is 2.22 bits per heavy atom. The molecule has 0 saturated heterocycles. The highest BCUT2D eigenvalue weighted by Gasteiger charge is 2.32. The van der Waals surface area contributed by atoms with Crippen molar-refractivity contribution >= 4 is 18.4 Å². The standard InChI is InChI=1S/C5H9NO2.ClH/c6-4(5(7)8)3-1-2-3;/h3-4H,1-2,6H2,(H,7,8);1H. The highest BCUT2D eigenvalue weighted by Crippen LogP contribution is 2.31. The fourth-order valence-corrected chi connectivity index (χ4v) is 0.657. The molecule has 54 valence electrons. The molecular formula is C5H10ClNO2. The molecule has 0 aromatic carbocycles. The third-order valence-electron chi connectivity index (χ3n) is 1.42. The average molecular weight is 152 g/mol. The molecule has 0 amide bonds. The summed E-state index contributed by atoms with van der Waals surface area (Å²) in [5, 5.41) is 8.27. The van der Waals surface area contributed by atoms with E-state index in [9.17, 15) is 4.79 Å². The predicted molar refractivity (Wildman–Crippen MR) is 35.6 cm³/mol. The maximum Gasteiger partial charge on any atom is 0.320 e. The topological polar surface area (TPSA) is 63.3 Å². The molecule has 0 spiro atoms. The van der Waals surface area contributed by atoms with E-state index in [1.165, 1.54) is 0 Å². The molecular weight excluding hydrogens is 142 g/mol. The van der Waals surface area contributed by atoms with Crippen LogP contribution in [0.5, 0.6) is 0 Å². The Balaban J connectivity index is 0.000000640. The molecule has 1 aliphatic rings. The molecule has 0 aromatic heterocycles. The normalized spacial score (nSPS) is 20.1. The monoisotopic (exact) mass is 151 g/mol. The zero-order valence-electron chi connectivity index (χ0n) is 4.91. The largest absolute Gasteiger partial charge is 0.480 e. The second kappa shape index (κ2) is 3.03. The number of nitrogens with two attached hydrogens (primary N) is 1. The van der Waals surface area contributed by atoms with Crippen molar-refractivity contribution in [1.29, 1.82) is 0 Å². The zero-order chi connectivity index (χ0) is 6.15. The summed E-state index contributed by atoms with van der Waals surface area (Å²) >= 11 is 0. The quantitative estimate of drug-likeness (QED) is 0.594. The smallest absolute Gasteiger partial charge is 0.320 e. The molecule has 1 unspecified atom stereocenters. The zero-order valence-corrected chi connectivity index (χ0v) is 5.73. The molecule has 1 atom stereocenters. The van der Waals surface area contributed by atoms with Crippen LogP contribution in [0.25, 0.3) is 0 Å². The molecule has 9 heavy (non-hydrogen) atoms. The van der Waals surface area contributed by atoms with Gasteiger partial charge in [-0.15, -0.1) is 12.4 Å². The van der Waals surface area contributed by atoms with E-state index in [0.29, 0.717) is 0 Å². The first kappa shape index (κ1) is 8.72. The second-order valence-corrected chi connectivity index (χ2v) is 2.20. The summed E-state index contributed by atoms with van der Waals surface area (Å²) in [6.45, 7) is 0. The summed E-state index contributed by atoms with van der Waals surface area (Å²) in [5.74, 6) is -0.597. The Labute approximate surface area is 59.6 Å². The van der Waals surface area contributed by atoms with E-state index in [4.69, 9.17) is 10.8 Å². The fraction of sp³-hybridized carbons (Fsp3) is 0.800. The van der Waals surface area contributed by atoms with Crippen LogP contribution in [-0.4, -0.2) is 17.1 Å². The number of carboxylic acids is 1. The lowest BCUT2D eigenvalue weighted by Crippen LogP contribution is -2.31. The summed E-state index contributed by atoms with van der Waals surface area (Å²) in [5.41, 5.74) is 5.22. The molecule has 0 radical (unpaired) electrons. The van der Waals surface area contributed by atoms with E-state index in [0.717, 1.165) is 12.8 Å². The van der Waals surface area contributed by atoms with Crippen molar-refractivity contribution in [1.82, 2.24) is 0 Å². The van der Waals surface area contributed by atoms with Gasteiger partial charge in [-0.05, 0) is 18.8 Å². The van der Waals surface area contributed by atoms with Crippen LogP contribution in [0.3, 0.4) is 0 Å². The van der Waals surface area contributed by atoms with Crippen LogP contribution < -0.4 is 5.73 Å². The molecule has 1 aliphatic carbocycles. The molecule has 4 heteroatoms. The van der Waals surface area contributed by atoms with Crippen molar-refractivity contribution in [2.45, 2.75) is 18.9 Å². The Bertz CT molecular complexity index is 114. The van der Waals surface area contributed by atoms with Crippen LogP contribution in [0, 0.1) is 5.92 Å². The maximum atomic E-state index is 10.1. The van der Waals surface area contributed by atoms with Gasteiger partial charge in [0.1, 0.15) is 6.04 Å². The number of rotatable bonds is 2. The number of carbonyl (C=O) groups is 1. The van der Waals surface area contributed by atoms with Crippen molar-refractivity contribution in [3.8, 4) is 0 Å². The SMILES string of the molecule is Cl.NC(C(=O)O)C1CC1. The lowest BCUT2D eigenvalue weighted by molar-refractivity contribution is -0.139. The molecule has 3 N–H and O–H groups in total. The van der Waals surface area contributed by atoms with Gasteiger partial charge in [0.05, 0.1) is 0 Å². The third-order valence-corrected chi connectivity index (χ3v) is 1.42. The lowest BCUT2D eigenvalue weighted by atomic mass is 10.2. The third kappa shape index (κ3) is 2.20.